The first-order chi connectivity index (χ1) is 17.9. The minimum Gasteiger partial charge on any atom is -0.491 e. The molecule has 1 amide bonds. The molecule has 194 valence electrons. The van der Waals surface area contributed by atoms with Crippen molar-refractivity contribution in [3.8, 4) is 5.75 Å². The maximum absolute atomic E-state index is 14.4. The van der Waals surface area contributed by atoms with E-state index in [1.807, 2.05) is 47.4 Å². The molecule has 3 atom stereocenters. The maximum atomic E-state index is 14.4. The Morgan fingerprint density at radius 2 is 1.95 bits per heavy atom. The van der Waals surface area contributed by atoms with Gasteiger partial charge in [-0.05, 0) is 77.1 Å². The van der Waals surface area contributed by atoms with Crippen LogP contribution in [0.1, 0.15) is 58.4 Å². The second-order valence-corrected chi connectivity index (χ2v) is 11.5. The molecule has 2 aromatic carbocycles. The number of anilines is 1. The lowest BCUT2D eigenvalue weighted by Gasteiger charge is -2.44. The van der Waals surface area contributed by atoms with Crippen LogP contribution in [0.3, 0.4) is 0 Å². The van der Waals surface area contributed by atoms with Crippen molar-refractivity contribution in [2.45, 2.75) is 64.6 Å². The zero-order valence-electron chi connectivity index (χ0n) is 22.0. The van der Waals surface area contributed by atoms with Gasteiger partial charge in [0.05, 0.1) is 11.8 Å². The summed E-state index contributed by atoms with van der Waals surface area (Å²) in [6, 6.07) is 15.9. The largest absolute Gasteiger partial charge is 0.491 e. The molecule has 1 fully saturated rings. The molecule has 1 saturated heterocycles. The van der Waals surface area contributed by atoms with Crippen LogP contribution in [0.15, 0.2) is 88.0 Å². The Balaban J connectivity index is 1.45. The van der Waals surface area contributed by atoms with E-state index in [4.69, 9.17) is 9.47 Å². The van der Waals surface area contributed by atoms with Crippen LogP contribution in [0.25, 0.3) is 0 Å². The highest BCUT2D eigenvalue weighted by atomic mass is 79.9. The number of halogens is 1. The zero-order chi connectivity index (χ0) is 26.0. The highest BCUT2D eigenvalue weighted by Gasteiger charge is 2.61. The molecule has 0 aromatic heterocycles. The molecule has 5 rings (SSSR count). The highest BCUT2D eigenvalue weighted by Crippen LogP contribution is 2.58. The number of hydrogen-bond acceptors (Lipinski definition) is 3. The summed E-state index contributed by atoms with van der Waals surface area (Å²) in [5, 5.41) is 0. The third kappa shape index (κ3) is 5.08. The molecule has 2 aliphatic heterocycles. The van der Waals surface area contributed by atoms with Gasteiger partial charge in [-0.25, -0.2) is 0 Å². The molecule has 5 heteroatoms. The fourth-order valence-electron chi connectivity index (χ4n) is 5.98. The van der Waals surface area contributed by atoms with Gasteiger partial charge >= 0.3 is 0 Å². The summed E-state index contributed by atoms with van der Waals surface area (Å²) < 4.78 is 13.9. The topological polar surface area (TPSA) is 38.8 Å². The zero-order valence-corrected chi connectivity index (χ0v) is 23.6. The van der Waals surface area contributed by atoms with E-state index in [1.54, 1.807) is 0 Å². The van der Waals surface area contributed by atoms with Crippen molar-refractivity contribution < 1.29 is 14.3 Å². The Labute approximate surface area is 229 Å². The van der Waals surface area contributed by atoms with E-state index in [9.17, 15) is 4.79 Å². The number of rotatable bonds is 8. The minimum absolute atomic E-state index is 0.0463. The number of hydrogen-bond donors (Lipinski definition) is 0. The van der Waals surface area contributed by atoms with Crippen LogP contribution in [-0.2, 0) is 15.1 Å². The van der Waals surface area contributed by atoms with Gasteiger partial charge in [0.25, 0.3) is 5.91 Å². The second kappa shape index (κ2) is 11.0. The van der Waals surface area contributed by atoms with Crippen molar-refractivity contribution in [2.75, 3.05) is 18.1 Å². The van der Waals surface area contributed by atoms with E-state index in [0.29, 0.717) is 13.2 Å². The molecule has 2 heterocycles. The first-order valence-corrected chi connectivity index (χ1v) is 14.1. The SMILES string of the molecule is CC(C)=CCC/C(C)=C/CN1C(=O)[C@]2(O[C@H](COc3ccccc3)CC3=CCCC32)c2c(Br)cccc21. The average molecular weight is 563 g/mol. The fourth-order valence-corrected chi connectivity index (χ4v) is 6.63. The van der Waals surface area contributed by atoms with Gasteiger partial charge < -0.3 is 14.4 Å². The standard InChI is InChI=1S/C32H36BrNO3/c1-22(2)10-7-11-23(3)18-19-34-29-17-9-16-28(33)30(29)32(31(34)35)27-15-8-12-24(27)20-26(37-32)21-36-25-13-5-4-6-14-25/h4-6,9-10,12-14,16-18,26-27H,7-8,11,15,19-21H2,1-3H3/b23-18+/t26-,27?,32+/m0/s1. The third-order valence-corrected chi connectivity index (χ3v) is 8.39. The summed E-state index contributed by atoms with van der Waals surface area (Å²) in [5.41, 5.74) is 4.86. The summed E-state index contributed by atoms with van der Waals surface area (Å²) >= 11 is 3.80. The lowest BCUT2D eigenvalue weighted by molar-refractivity contribution is -0.174. The van der Waals surface area contributed by atoms with Crippen LogP contribution in [0.2, 0.25) is 0 Å². The lowest BCUT2D eigenvalue weighted by atomic mass is 9.74. The molecule has 0 saturated carbocycles. The van der Waals surface area contributed by atoms with Gasteiger partial charge in [0.2, 0.25) is 0 Å². The number of para-hydroxylation sites is 1. The molecule has 3 aliphatic rings. The Kier molecular flexibility index (Phi) is 7.73. The van der Waals surface area contributed by atoms with Crippen LogP contribution < -0.4 is 9.64 Å². The molecule has 37 heavy (non-hydrogen) atoms. The van der Waals surface area contributed by atoms with Gasteiger partial charge in [0.1, 0.15) is 12.4 Å². The number of carbonyl (C=O) groups is 1. The van der Waals surface area contributed by atoms with Crippen molar-refractivity contribution in [2.24, 2.45) is 5.92 Å². The second-order valence-electron chi connectivity index (χ2n) is 10.6. The first-order valence-electron chi connectivity index (χ1n) is 13.3. The van der Waals surface area contributed by atoms with E-state index in [1.165, 1.54) is 16.7 Å². The summed E-state index contributed by atoms with van der Waals surface area (Å²) in [6.07, 6.45) is 11.3. The molecule has 0 bridgehead atoms. The van der Waals surface area contributed by atoms with Gasteiger partial charge in [-0.1, -0.05) is 75.1 Å². The van der Waals surface area contributed by atoms with Crippen LogP contribution in [0.5, 0.6) is 5.75 Å². The quantitative estimate of drug-likeness (QED) is 0.307. The Hall–Kier alpha value is -2.63. The Bertz CT molecular complexity index is 1240. The number of nitrogens with zero attached hydrogens (tertiary/aromatic N) is 1. The van der Waals surface area contributed by atoms with Crippen molar-refractivity contribution in [3.05, 3.63) is 93.5 Å². The summed E-state index contributed by atoms with van der Waals surface area (Å²) in [7, 11) is 0. The van der Waals surface area contributed by atoms with Gasteiger partial charge in [-0.15, -0.1) is 0 Å². The van der Waals surface area contributed by atoms with Gasteiger partial charge in [-0.3, -0.25) is 4.79 Å². The number of fused-ring (bicyclic) bond motifs is 4. The monoisotopic (exact) mass is 561 g/mol. The molecule has 0 radical (unpaired) electrons. The molecule has 1 unspecified atom stereocenters. The van der Waals surface area contributed by atoms with E-state index < -0.39 is 5.60 Å². The molecular weight excluding hydrogens is 526 g/mol. The number of allylic oxidation sites excluding steroid dienone is 4. The number of carbonyl (C=O) groups excluding carboxylic acids is 1. The molecule has 1 aliphatic carbocycles. The molecule has 1 spiro atoms. The predicted octanol–water partition coefficient (Wildman–Crippen LogP) is 7.89. The minimum atomic E-state index is -1.02. The lowest BCUT2D eigenvalue weighted by Crippen LogP contribution is -2.53. The van der Waals surface area contributed by atoms with Crippen LogP contribution in [0.4, 0.5) is 5.69 Å². The van der Waals surface area contributed by atoms with Crippen molar-refractivity contribution in [3.63, 3.8) is 0 Å². The van der Waals surface area contributed by atoms with Crippen LogP contribution >= 0.6 is 15.9 Å². The summed E-state index contributed by atoms with van der Waals surface area (Å²) in [4.78, 5) is 16.4. The normalized spacial score (nSPS) is 24.6. The molecule has 0 N–H and O–H groups in total. The number of amides is 1. The van der Waals surface area contributed by atoms with E-state index in [0.717, 1.165) is 53.6 Å². The highest BCUT2D eigenvalue weighted by molar-refractivity contribution is 9.10. The smallest absolute Gasteiger partial charge is 0.264 e. The number of benzene rings is 2. The number of ether oxygens (including phenoxy) is 2. The Morgan fingerprint density at radius 3 is 2.73 bits per heavy atom. The van der Waals surface area contributed by atoms with E-state index >= 15 is 0 Å². The average Bonchev–Trinajstić information content (AvgIpc) is 3.45. The van der Waals surface area contributed by atoms with Crippen molar-refractivity contribution in [1.29, 1.82) is 0 Å². The maximum Gasteiger partial charge on any atom is 0.264 e. The molecular formula is C32H36BrNO3. The van der Waals surface area contributed by atoms with Crippen molar-refractivity contribution in [1.82, 2.24) is 0 Å². The Morgan fingerprint density at radius 1 is 1.14 bits per heavy atom. The fraction of sp³-hybridized carbons (Fsp3) is 0.406. The van der Waals surface area contributed by atoms with E-state index in [-0.39, 0.29) is 17.9 Å². The van der Waals surface area contributed by atoms with Gasteiger partial charge in [0.15, 0.2) is 5.60 Å². The predicted molar refractivity (Wildman–Crippen MR) is 153 cm³/mol. The first kappa shape index (κ1) is 26.0. The third-order valence-electron chi connectivity index (χ3n) is 7.73. The summed E-state index contributed by atoms with van der Waals surface area (Å²) in [6.45, 7) is 7.37. The summed E-state index contributed by atoms with van der Waals surface area (Å²) in [5.74, 6) is 0.917. The molecule has 2 aromatic rings. The van der Waals surface area contributed by atoms with E-state index in [2.05, 4.69) is 61.0 Å². The molecule has 4 nitrogen and oxygen atoms in total. The van der Waals surface area contributed by atoms with Gasteiger partial charge in [-0.2, -0.15) is 0 Å². The van der Waals surface area contributed by atoms with Crippen LogP contribution in [0, 0.1) is 5.92 Å². The van der Waals surface area contributed by atoms with Crippen molar-refractivity contribution >= 4 is 27.5 Å². The van der Waals surface area contributed by atoms with Gasteiger partial charge in [0, 0.05) is 22.5 Å². The van der Waals surface area contributed by atoms with Crippen LogP contribution in [-0.4, -0.2) is 25.2 Å².